The fourth-order valence-corrected chi connectivity index (χ4v) is 4.94. The second kappa shape index (κ2) is 9.62. The average molecular weight is 445 g/mol. The number of esters is 1. The SMILES string of the molecule is CC1CCN(S(=O)(=O)c2ccc(C(=O)OC(C)C(=O)N(C)c3ccccc3)cc2)CC1. The van der Waals surface area contributed by atoms with Gasteiger partial charge in [0.15, 0.2) is 6.10 Å². The lowest BCUT2D eigenvalue weighted by Crippen LogP contribution is -2.38. The molecule has 1 amide bonds. The lowest BCUT2D eigenvalue weighted by molar-refractivity contribution is -0.126. The number of hydrogen-bond acceptors (Lipinski definition) is 5. The van der Waals surface area contributed by atoms with E-state index in [4.69, 9.17) is 4.74 Å². The number of ether oxygens (including phenoxy) is 1. The fourth-order valence-electron chi connectivity index (χ4n) is 3.47. The van der Waals surface area contributed by atoms with Crippen LogP contribution in [-0.2, 0) is 19.6 Å². The van der Waals surface area contributed by atoms with Crippen LogP contribution in [0, 0.1) is 5.92 Å². The number of sulfonamides is 1. The second-order valence-corrected chi connectivity index (χ2v) is 9.83. The summed E-state index contributed by atoms with van der Waals surface area (Å²) in [6, 6.07) is 14.7. The number of rotatable bonds is 6. The van der Waals surface area contributed by atoms with E-state index < -0.39 is 22.1 Å². The van der Waals surface area contributed by atoms with Gasteiger partial charge in [0.05, 0.1) is 10.5 Å². The summed E-state index contributed by atoms with van der Waals surface area (Å²) >= 11 is 0. The molecule has 31 heavy (non-hydrogen) atoms. The number of amides is 1. The van der Waals surface area contributed by atoms with E-state index in [2.05, 4.69) is 6.92 Å². The van der Waals surface area contributed by atoms with Gasteiger partial charge >= 0.3 is 5.97 Å². The number of para-hydroxylation sites is 1. The topological polar surface area (TPSA) is 84.0 Å². The number of piperidine rings is 1. The maximum absolute atomic E-state index is 12.8. The first-order valence-corrected chi connectivity index (χ1v) is 11.8. The van der Waals surface area contributed by atoms with E-state index >= 15 is 0 Å². The minimum absolute atomic E-state index is 0.145. The van der Waals surface area contributed by atoms with Gasteiger partial charge in [-0.25, -0.2) is 13.2 Å². The first-order valence-electron chi connectivity index (χ1n) is 10.3. The molecular weight excluding hydrogens is 416 g/mol. The minimum atomic E-state index is -3.59. The van der Waals surface area contributed by atoms with Crippen LogP contribution < -0.4 is 4.90 Å². The molecule has 0 N–H and O–H groups in total. The highest BCUT2D eigenvalue weighted by molar-refractivity contribution is 7.89. The molecule has 0 bridgehead atoms. The van der Waals surface area contributed by atoms with Gasteiger partial charge in [0.25, 0.3) is 5.91 Å². The molecule has 0 aliphatic carbocycles. The number of likely N-dealkylation sites (N-methyl/N-ethyl adjacent to an activating group) is 1. The Balaban J connectivity index is 1.64. The normalized spacial score (nSPS) is 16.5. The molecule has 2 aromatic rings. The number of carbonyl (C=O) groups is 2. The van der Waals surface area contributed by atoms with E-state index in [1.54, 1.807) is 19.2 Å². The third-order valence-electron chi connectivity index (χ3n) is 5.58. The van der Waals surface area contributed by atoms with Crippen LogP contribution in [-0.4, -0.2) is 50.8 Å². The molecule has 3 rings (SSSR count). The monoisotopic (exact) mass is 444 g/mol. The van der Waals surface area contributed by atoms with E-state index in [9.17, 15) is 18.0 Å². The van der Waals surface area contributed by atoms with Crippen LogP contribution in [0.25, 0.3) is 0 Å². The van der Waals surface area contributed by atoms with E-state index in [0.717, 1.165) is 12.8 Å². The van der Waals surface area contributed by atoms with Crippen molar-refractivity contribution in [2.24, 2.45) is 5.92 Å². The van der Waals surface area contributed by atoms with E-state index in [0.29, 0.717) is 24.7 Å². The Labute approximate surface area is 183 Å². The van der Waals surface area contributed by atoms with Crippen LogP contribution in [0.4, 0.5) is 5.69 Å². The van der Waals surface area contributed by atoms with Gasteiger partial charge in [0, 0.05) is 25.8 Å². The Morgan fingerprint density at radius 1 is 1.03 bits per heavy atom. The Morgan fingerprint density at radius 2 is 1.61 bits per heavy atom. The molecule has 1 fully saturated rings. The van der Waals surface area contributed by atoms with Crippen molar-refractivity contribution >= 4 is 27.6 Å². The number of hydrogen-bond donors (Lipinski definition) is 0. The zero-order chi connectivity index (χ0) is 22.6. The molecule has 166 valence electrons. The van der Waals surface area contributed by atoms with Crippen molar-refractivity contribution in [2.75, 3.05) is 25.0 Å². The molecule has 1 atom stereocenters. The predicted octanol–water partition coefficient (Wildman–Crippen LogP) is 3.32. The molecule has 0 aromatic heterocycles. The smallest absolute Gasteiger partial charge is 0.338 e. The highest BCUT2D eigenvalue weighted by Gasteiger charge is 2.28. The Morgan fingerprint density at radius 3 is 2.19 bits per heavy atom. The Hall–Kier alpha value is -2.71. The van der Waals surface area contributed by atoms with Gasteiger partial charge in [-0.1, -0.05) is 25.1 Å². The van der Waals surface area contributed by atoms with Crippen LogP contribution in [0.5, 0.6) is 0 Å². The summed E-state index contributed by atoms with van der Waals surface area (Å²) < 4.78 is 32.4. The molecule has 7 nitrogen and oxygen atoms in total. The molecule has 1 aliphatic rings. The van der Waals surface area contributed by atoms with Crippen molar-refractivity contribution in [3.05, 3.63) is 60.2 Å². The van der Waals surface area contributed by atoms with Gasteiger partial charge in [-0.2, -0.15) is 4.31 Å². The summed E-state index contributed by atoms with van der Waals surface area (Å²) in [5, 5.41) is 0. The Kier molecular flexibility index (Phi) is 7.12. The molecule has 1 aliphatic heterocycles. The highest BCUT2D eigenvalue weighted by atomic mass is 32.2. The first-order chi connectivity index (χ1) is 14.7. The van der Waals surface area contributed by atoms with Crippen LogP contribution in [0.3, 0.4) is 0 Å². The third kappa shape index (κ3) is 5.32. The standard InChI is InChI=1S/C23H28N2O5S/c1-17-13-15-25(16-14-17)31(28,29)21-11-9-19(10-12-21)23(27)30-18(2)22(26)24(3)20-7-5-4-6-8-20/h4-12,17-18H,13-16H2,1-3H3. The number of benzene rings is 2. The molecule has 0 saturated carbocycles. The predicted molar refractivity (Wildman–Crippen MR) is 118 cm³/mol. The van der Waals surface area contributed by atoms with Gasteiger partial charge in [0.1, 0.15) is 0 Å². The Bertz CT molecular complexity index is 1010. The quantitative estimate of drug-likeness (QED) is 0.638. The van der Waals surface area contributed by atoms with Crippen LogP contribution >= 0.6 is 0 Å². The fraction of sp³-hybridized carbons (Fsp3) is 0.391. The van der Waals surface area contributed by atoms with E-state index in [1.165, 1.54) is 40.4 Å². The summed E-state index contributed by atoms with van der Waals surface area (Å²) in [6.07, 6.45) is 0.691. The lowest BCUT2D eigenvalue weighted by atomic mass is 10.0. The molecule has 1 saturated heterocycles. The first kappa shape index (κ1) is 23.0. The summed E-state index contributed by atoms with van der Waals surface area (Å²) in [7, 11) is -1.97. The zero-order valence-electron chi connectivity index (χ0n) is 18.0. The van der Waals surface area contributed by atoms with Gasteiger partial charge in [-0.3, -0.25) is 4.79 Å². The lowest BCUT2D eigenvalue weighted by Gasteiger charge is -2.29. The second-order valence-electron chi connectivity index (χ2n) is 7.89. The summed E-state index contributed by atoms with van der Waals surface area (Å²) in [4.78, 5) is 26.6. The summed E-state index contributed by atoms with van der Waals surface area (Å²) in [5.74, 6) is -0.523. The van der Waals surface area contributed by atoms with Gasteiger partial charge in [-0.05, 0) is 62.1 Å². The highest BCUT2D eigenvalue weighted by Crippen LogP contribution is 2.24. The van der Waals surface area contributed by atoms with Crippen LogP contribution in [0.1, 0.15) is 37.0 Å². The maximum atomic E-state index is 12.8. The molecular formula is C23H28N2O5S. The van der Waals surface area contributed by atoms with Crippen LogP contribution in [0.2, 0.25) is 0 Å². The van der Waals surface area contributed by atoms with E-state index in [-0.39, 0.29) is 16.4 Å². The summed E-state index contributed by atoms with van der Waals surface area (Å²) in [6.45, 7) is 4.63. The average Bonchev–Trinajstić information content (AvgIpc) is 2.79. The molecule has 1 heterocycles. The molecule has 0 radical (unpaired) electrons. The maximum Gasteiger partial charge on any atom is 0.338 e. The molecule has 1 unspecified atom stereocenters. The minimum Gasteiger partial charge on any atom is -0.449 e. The van der Waals surface area contributed by atoms with Crippen molar-refractivity contribution in [1.29, 1.82) is 0 Å². The van der Waals surface area contributed by atoms with Gasteiger partial charge in [0.2, 0.25) is 10.0 Å². The molecule has 0 spiro atoms. The third-order valence-corrected chi connectivity index (χ3v) is 7.49. The van der Waals surface area contributed by atoms with Crippen molar-refractivity contribution in [3.8, 4) is 0 Å². The molecule has 2 aromatic carbocycles. The van der Waals surface area contributed by atoms with Crippen molar-refractivity contribution in [2.45, 2.75) is 37.7 Å². The van der Waals surface area contributed by atoms with Gasteiger partial charge < -0.3 is 9.64 Å². The van der Waals surface area contributed by atoms with Crippen molar-refractivity contribution in [3.63, 3.8) is 0 Å². The largest absolute Gasteiger partial charge is 0.449 e. The van der Waals surface area contributed by atoms with Crippen LogP contribution in [0.15, 0.2) is 59.5 Å². The number of anilines is 1. The zero-order valence-corrected chi connectivity index (χ0v) is 18.8. The number of nitrogens with zero attached hydrogens (tertiary/aromatic N) is 2. The molecule has 8 heteroatoms. The summed E-state index contributed by atoms with van der Waals surface area (Å²) in [5.41, 5.74) is 0.880. The van der Waals surface area contributed by atoms with E-state index in [1.807, 2.05) is 18.2 Å². The van der Waals surface area contributed by atoms with Gasteiger partial charge in [-0.15, -0.1) is 0 Å². The number of carbonyl (C=O) groups excluding carboxylic acids is 2. The van der Waals surface area contributed by atoms with Crippen molar-refractivity contribution < 1.29 is 22.7 Å². The van der Waals surface area contributed by atoms with Crippen molar-refractivity contribution in [1.82, 2.24) is 4.31 Å².